The van der Waals surface area contributed by atoms with Crippen LogP contribution < -0.4 is 10.1 Å². The maximum atomic E-state index is 12.1. The first kappa shape index (κ1) is 14.5. The molecule has 0 unspecified atom stereocenters. The van der Waals surface area contributed by atoms with Crippen molar-refractivity contribution in [2.45, 2.75) is 27.2 Å². The molecule has 0 aliphatic rings. The Labute approximate surface area is 122 Å². The van der Waals surface area contributed by atoms with Gasteiger partial charge in [0.15, 0.2) is 5.13 Å². The number of carbonyl (C=O) groups excluding carboxylic acids is 1. The van der Waals surface area contributed by atoms with Gasteiger partial charge in [0, 0.05) is 10.9 Å². The highest BCUT2D eigenvalue weighted by Crippen LogP contribution is 2.24. The summed E-state index contributed by atoms with van der Waals surface area (Å²) in [5, 5.41) is 5.35. The van der Waals surface area contributed by atoms with Gasteiger partial charge in [0.1, 0.15) is 5.75 Å². The van der Waals surface area contributed by atoms with Crippen LogP contribution in [0.2, 0.25) is 0 Å². The van der Waals surface area contributed by atoms with Gasteiger partial charge in [0.2, 0.25) is 5.91 Å². The molecule has 0 aliphatic heterocycles. The number of nitrogens with one attached hydrogen (secondary N) is 1. The van der Waals surface area contributed by atoms with Crippen molar-refractivity contribution in [2.24, 2.45) is 0 Å². The van der Waals surface area contributed by atoms with Gasteiger partial charge >= 0.3 is 0 Å². The average Bonchev–Trinajstić information content (AvgIpc) is 2.78. The Balaban J connectivity index is 2.13. The molecule has 4 nitrogen and oxygen atoms in total. The highest BCUT2D eigenvalue weighted by molar-refractivity contribution is 7.13. The van der Waals surface area contributed by atoms with Crippen molar-refractivity contribution in [2.75, 3.05) is 12.4 Å². The fraction of sp³-hybridized carbons (Fsp3) is 0.333. The number of nitrogens with zero attached hydrogens (tertiary/aromatic N) is 1. The lowest BCUT2D eigenvalue weighted by Gasteiger charge is -2.11. The molecule has 0 fully saturated rings. The van der Waals surface area contributed by atoms with Gasteiger partial charge in [-0.2, -0.15) is 0 Å². The van der Waals surface area contributed by atoms with E-state index in [2.05, 4.69) is 10.3 Å². The average molecular weight is 290 g/mol. The van der Waals surface area contributed by atoms with Crippen LogP contribution in [0.5, 0.6) is 5.75 Å². The zero-order valence-electron chi connectivity index (χ0n) is 12.1. The van der Waals surface area contributed by atoms with E-state index in [-0.39, 0.29) is 12.3 Å². The minimum Gasteiger partial charge on any atom is -0.496 e. The summed E-state index contributed by atoms with van der Waals surface area (Å²) in [4.78, 5) is 16.3. The van der Waals surface area contributed by atoms with Gasteiger partial charge in [-0.05, 0) is 38.0 Å². The molecule has 0 atom stereocenters. The Hall–Kier alpha value is -1.88. The molecule has 0 bridgehead atoms. The van der Waals surface area contributed by atoms with E-state index >= 15 is 0 Å². The van der Waals surface area contributed by atoms with Crippen molar-refractivity contribution in [3.05, 3.63) is 39.9 Å². The number of aryl methyl sites for hydroxylation is 3. The molecular weight excluding hydrogens is 272 g/mol. The van der Waals surface area contributed by atoms with Crippen molar-refractivity contribution in [1.29, 1.82) is 0 Å². The van der Waals surface area contributed by atoms with Crippen LogP contribution in [0.15, 0.2) is 17.5 Å². The van der Waals surface area contributed by atoms with E-state index < -0.39 is 0 Å². The molecule has 2 rings (SSSR count). The molecule has 2 aromatic rings. The number of carbonyl (C=O) groups is 1. The van der Waals surface area contributed by atoms with Crippen molar-refractivity contribution in [3.63, 3.8) is 0 Å². The van der Waals surface area contributed by atoms with Crippen LogP contribution >= 0.6 is 11.3 Å². The Morgan fingerprint density at radius 3 is 2.60 bits per heavy atom. The van der Waals surface area contributed by atoms with Crippen LogP contribution in [0.4, 0.5) is 5.13 Å². The summed E-state index contributed by atoms with van der Waals surface area (Å²) >= 11 is 1.43. The first-order chi connectivity index (χ1) is 9.49. The number of aromatic nitrogens is 1. The first-order valence-electron chi connectivity index (χ1n) is 6.35. The van der Waals surface area contributed by atoms with Crippen molar-refractivity contribution in [1.82, 2.24) is 4.98 Å². The van der Waals surface area contributed by atoms with Gasteiger partial charge in [0.25, 0.3) is 0 Å². The third kappa shape index (κ3) is 3.36. The normalized spacial score (nSPS) is 10.4. The topological polar surface area (TPSA) is 51.2 Å². The molecule has 20 heavy (non-hydrogen) atoms. The van der Waals surface area contributed by atoms with Crippen molar-refractivity contribution in [3.8, 4) is 5.75 Å². The van der Waals surface area contributed by atoms with Gasteiger partial charge in [-0.3, -0.25) is 4.79 Å². The van der Waals surface area contributed by atoms with Crippen LogP contribution in [0.1, 0.15) is 22.4 Å². The van der Waals surface area contributed by atoms with Crippen LogP contribution in [-0.2, 0) is 11.2 Å². The maximum Gasteiger partial charge on any atom is 0.230 e. The summed E-state index contributed by atoms with van der Waals surface area (Å²) in [6.07, 6.45) is 0.281. The predicted octanol–water partition coefficient (Wildman–Crippen LogP) is 3.26. The number of ether oxygens (including phenoxy) is 1. The standard InChI is InChI=1S/C15H18N2O2S/c1-9-5-12(13(19-4)6-10(9)2)7-14(18)17-15-16-11(3)8-20-15/h5-6,8H,7H2,1-4H3,(H,16,17,18). The Kier molecular flexibility index (Phi) is 4.39. The molecule has 1 amide bonds. The van der Waals surface area contributed by atoms with E-state index in [4.69, 9.17) is 4.74 Å². The quantitative estimate of drug-likeness (QED) is 0.940. The van der Waals surface area contributed by atoms with E-state index in [1.165, 1.54) is 11.3 Å². The molecule has 0 spiro atoms. The summed E-state index contributed by atoms with van der Waals surface area (Å²) in [6.45, 7) is 5.96. The molecule has 0 aliphatic carbocycles. The molecule has 1 aromatic carbocycles. The van der Waals surface area contributed by atoms with Crippen LogP contribution in [0, 0.1) is 20.8 Å². The Morgan fingerprint density at radius 2 is 2.00 bits per heavy atom. The lowest BCUT2D eigenvalue weighted by Crippen LogP contribution is -2.15. The monoisotopic (exact) mass is 290 g/mol. The molecule has 0 radical (unpaired) electrons. The summed E-state index contributed by atoms with van der Waals surface area (Å²) in [5.41, 5.74) is 4.11. The third-order valence-electron chi connectivity index (χ3n) is 3.11. The number of rotatable bonds is 4. The van der Waals surface area contributed by atoms with Crippen LogP contribution in [0.3, 0.4) is 0 Å². The lowest BCUT2D eigenvalue weighted by molar-refractivity contribution is -0.115. The van der Waals surface area contributed by atoms with Crippen LogP contribution in [-0.4, -0.2) is 18.0 Å². The highest BCUT2D eigenvalue weighted by atomic mass is 32.1. The molecule has 0 saturated heterocycles. The Morgan fingerprint density at radius 1 is 1.30 bits per heavy atom. The molecule has 5 heteroatoms. The number of amides is 1. The number of thiazole rings is 1. The zero-order valence-corrected chi connectivity index (χ0v) is 12.9. The minimum absolute atomic E-state index is 0.0825. The minimum atomic E-state index is -0.0825. The smallest absolute Gasteiger partial charge is 0.230 e. The highest BCUT2D eigenvalue weighted by Gasteiger charge is 2.12. The lowest BCUT2D eigenvalue weighted by atomic mass is 10.0. The molecule has 106 valence electrons. The van der Waals surface area contributed by atoms with Gasteiger partial charge in [-0.15, -0.1) is 11.3 Å². The molecule has 0 saturated carbocycles. The van der Waals surface area contributed by atoms with E-state index in [0.717, 1.165) is 28.1 Å². The van der Waals surface area contributed by atoms with Crippen LogP contribution in [0.25, 0.3) is 0 Å². The largest absolute Gasteiger partial charge is 0.496 e. The molecule has 1 aromatic heterocycles. The molecule has 1 N–H and O–H groups in total. The predicted molar refractivity (Wildman–Crippen MR) is 81.7 cm³/mol. The van der Waals surface area contributed by atoms with Gasteiger partial charge in [-0.25, -0.2) is 4.98 Å². The first-order valence-corrected chi connectivity index (χ1v) is 7.23. The SMILES string of the molecule is COc1cc(C)c(C)cc1CC(=O)Nc1nc(C)cs1. The second-order valence-corrected chi connectivity index (χ2v) is 5.63. The maximum absolute atomic E-state index is 12.1. The summed E-state index contributed by atoms with van der Waals surface area (Å²) in [7, 11) is 1.62. The molecular formula is C15H18N2O2S. The second kappa shape index (κ2) is 6.05. The number of anilines is 1. The number of hydrogen-bond acceptors (Lipinski definition) is 4. The Bertz CT molecular complexity index is 635. The van der Waals surface area contributed by atoms with Crippen molar-refractivity contribution >= 4 is 22.4 Å². The van der Waals surface area contributed by atoms with Gasteiger partial charge in [-0.1, -0.05) is 6.07 Å². The fourth-order valence-electron chi connectivity index (χ4n) is 1.93. The van der Waals surface area contributed by atoms with E-state index in [9.17, 15) is 4.79 Å². The second-order valence-electron chi connectivity index (χ2n) is 4.77. The zero-order chi connectivity index (χ0) is 14.7. The summed E-state index contributed by atoms with van der Waals surface area (Å²) in [5.74, 6) is 0.666. The summed E-state index contributed by atoms with van der Waals surface area (Å²) < 4.78 is 5.34. The van der Waals surface area contributed by atoms with Crippen molar-refractivity contribution < 1.29 is 9.53 Å². The van der Waals surface area contributed by atoms with E-state index in [0.29, 0.717) is 5.13 Å². The van der Waals surface area contributed by atoms with E-state index in [1.807, 2.05) is 38.3 Å². The van der Waals surface area contributed by atoms with Gasteiger partial charge < -0.3 is 10.1 Å². The number of benzene rings is 1. The third-order valence-corrected chi connectivity index (χ3v) is 3.99. The fourth-order valence-corrected chi connectivity index (χ4v) is 2.63. The summed E-state index contributed by atoms with van der Waals surface area (Å²) in [6, 6.07) is 3.96. The number of hydrogen-bond donors (Lipinski definition) is 1. The molecule has 1 heterocycles. The van der Waals surface area contributed by atoms with Gasteiger partial charge in [0.05, 0.1) is 19.2 Å². The van der Waals surface area contributed by atoms with E-state index in [1.54, 1.807) is 7.11 Å². The number of methoxy groups -OCH3 is 1.